The predicted molar refractivity (Wildman–Crippen MR) is 160 cm³/mol. The molecule has 0 aliphatic carbocycles. The number of carbonyl (C=O) groups is 1. The maximum absolute atomic E-state index is 13.5. The molecule has 0 saturated carbocycles. The van der Waals surface area contributed by atoms with Crippen molar-refractivity contribution in [2.45, 2.75) is 33.1 Å². The van der Waals surface area contributed by atoms with Gasteiger partial charge in [-0.25, -0.2) is 4.98 Å². The van der Waals surface area contributed by atoms with E-state index in [0.29, 0.717) is 43.2 Å². The van der Waals surface area contributed by atoms with E-state index < -0.39 is 5.41 Å². The van der Waals surface area contributed by atoms with E-state index in [1.54, 1.807) is 24.3 Å². The van der Waals surface area contributed by atoms with E-state index in [1.165, 1.54) is 10.9 Å². The van der Waals surface area contributed by atoms with Crippen LogP contribution in [0.4, 0.5) is 5.69 Å². The quantitative estimate of drug-likeness (QED) is 0.224. The van der Waals surface area contributed by atoms with Gasteiger partial charge in [0.05, 0.1) is 21.6 Å². The van der Waals surface area contributed by atoms with Gasteiger partial charge in [0.1, 0.15) is 11.6 Å². The molecule has 0 bridgehead atoms. The molecule has 38 heavy (non-hydrogen) atoms. The number of nitrogens with zero attached hydrogens (tertiary/aromatic N) is 3. The molecule has 0 saturated heterocycles. The van der Waals surface area contributed by atoms with E-state index in [-0.39, 0.29) is 18.1 Å². The fraction of sp³-hybridized carbons (Fsp3) is 0.214. The molecule has 0 aliphatic rings. The Morgan fingerprint density at radius 1 is 1.16 bits per heavy atom. The summed E-state index contributed by atoms with van der Waals surface area (Å²) >= 11 is 13.2. The molecule has 10 heteroatoms. The molecular formula is C28H25Br2ClN4O3. The van der Waals surface area contributed by atoms with E-state index in [9.17, 15) is 9.59 Å². The monoisotopic (exact) mass is 658 g/mol. The second-order valence-electron chi connectivity index (χ2n) is 9.67. The summed E-state index contributed by atoms with van der Waals surface area (Å²) in [6.07, 6.45) is 1.48. The van der Waals surface area contributed by atoms with Crippen LogP contribution in [-0.4, -0.2) is 28.4 Å². The number of para-hydroxylation sites is 1. The highest BCUT2D eigenvalue weighted by Crippen LogP contribution is 2.32. The Labute approximate surface area is 242 Å². The SMILES string of the molecule is Cc1ccccc1NC(=O)COc1c(Br)cc(Cl)cc1C=Nn1c(C(C)(C)C)nc2ccc(Br)cc2c1=O. The Bertz CT molecular complexity index is 1630. The normalized spacial score (nSPS) is 11.8. The van der Waals surface area contributed by atoms with Gasteiger partial charge in [0.15, 0.2) is 6.61 Å². The zero-order valence-corrected chi connectivity index (χ0v) is 25.1. The molecule has 4 aromatic rings. The average Bonchev–Trinajstić information content (AvgIpc) is 2.83. The van der Waals surface area contributed by atoms with Gasteiger partial charge < -0.3 is 10.1 Å². The number of amides is 1. The summed E-state index contributed by atoms with van der Waals surface area (Å²) < 4.78 is 8.48. The number of hydrogen-bond donors (Lipinski definition) is 1. The van der Waals surface area contributed by atoms with Crippen molar-refractivity contribution < 1.29 is 9.53 Å². The fourth-order valence-corrected chi connectivity index (χ4v) is 5.04. The molecular weight excluding hydrogens is 636 g/mol. The lowest BCUT2D eigenvalue weighted by molar-refractivity contribution is -0.118. The fourth-order valence-electron chi connectivity index (χ4n) is 3.73. The van der Waals surface area contributed by atoms with Crippen molar-refractivity contribution >= 4 is 72.2 Å². The molecule has 4 rings (SSSR count). The van der Waals surface area contributed by atoms with Crippen molar-refractivity contribution in [2.75, 3.05) is 11.9 Å². The standard InChI is InChI=1S/C28H25Br2ClN4O3/c1-16-7-5-6-8-22(16)33-24(36)15-38-25-17(11-19(31)13-21(25)30)14-32-35-26(37)20-12-18(29)9-10-23(20)34-27(35)28(2,3)4/h5-14H,15H2,1-4H3,(H,33,36). The summed E-state index contributed by atoms with van der Waals surface area (Å²) in [5.74, 6) is 0.536. The number of hydrogen-bond acceptors (Lipinski definition) is 5. The van der Waals surface area contributed by atoms with Crippen LogP contribution in [0.15, 0.2) is 73.4 Å². The Morgan fingerprint density at radius 2 is 1.89 bits per heavy atom. The highest BCUT2D eigenvalue weighted by Gasteiger charge is 2.23. The van der Waals surface area contributed by atoms with Gasteiger partial charge >= 0.3 is 0 Å². The van der Waals surface area contributed by atoms with Gasteiger partial charge in [-0.05, 0) is 64.8 Å². The van der Waals surface area contributed by atoms with Crippen LogP contribution in [0.1, 0.15) is 37.7 Å². The maximum Gasteiger partial charge on any atom is 0.282 e. The van der Waals surface area contributed by atoms with Crippen molar-refractivity contribution in [1.29, 1.82) is 0 Å². The van der Waals surface area contributed by atoms with Crippen LogP contribution in [0.25, 0.3) is 10.9 Å². The largest absolute Gasteiger partial charge is 0.482 e. The van der Waals surface area contributed by atoms with Crippen LogP contribution in [-0.2, 0) is 10.2 Å². The van der Waals surface area contributed by atoms with Gasteiger partial charge in [-0.15, -0.1) is 0 Å². The van der Waals surface area contributed by atoms with Crippen LogP contribution >= 0.6 is 43.5 Å². The van der Waals surface area contributed by atoms with E-state index in [4.69, 9.17) is 21.3 Å². The number of aryl methyl sites for hydroxylation is 1. The summed E-state index contributed by atoms with van der Waals surface area (Å²) in [5.41, 5.74) is 1.94. The summed E-state index contributed by atoms with van der Waals surface area (Å²) in [4.78, 5) is 30.8. The third-order valence-electron chi connectivity index (χ3n) is 5.60. The summed E-state index contributed by atoms with van der Waals surface area (Å²) in [6, 6.07) is 16.2. The number of halogens is 3. The summed E-state index contributed by atoms with van der Waals surface area (Å²) in [6.45, 7) is 7.55. The maximum atomic E-state index is 13.5. The Balaban J connectivity index is 1.70. The first-order valence-corrected chi connectivity index (χ1v) is 13.6. The van der Waals surface area contributed by atoms with Crippen molar-refractivity contribution in [3.63, 3.8) is 0 Å². The van der Waals surface area contributed by atoms with Crippen LogP contribution < -0.4 is 15.6 Å². The highest BCUT2D eigenvalue weighted by molar-refractivity contribution is 9.10. The number of carbonyl (C=O) groups excluding carboxylic acids is 1. The molecule has 1 amide bonds. The molecule has 0 aliphatic heterocycles. The molecule has 1 aromatic heterocycles. The van der Waals surface area contributed by atoms with Gasteiger partial charge in [-0.3, -0.25) is 9.59 Å². The Kier molecular flexibility index (Phi) is 8.40. The van der Waals surface area contributed by atoms with Gasteiger partial charge in [-0.1, -0.05) is 66.5 Å². The molecule has 0 unspecified atom stereocenters. The number of benzene rings is 3. The lowest BCUT2D eigenvalue weighted by atomic mass is 9.95. The second kappa shape index (κ2) is 11.4. The van der Waals surface area contributed by atoms with Gasteiger partial charge in [0.25, 0.3) is 11.5 Å². The van der Waals surface area contributed by atoms with E-state index in [2.05, 4.69) is 42.3 Å². The molecule has 0 radical (unpaired) electrons. The molecule has 3 aromatic carbocycles. The summed E-state index contributed by atoms with van der Waals surface area (Å²) in [7, 11) is 0. The zero-order valence-electron chi connectivity index (χ0n) is 21.2. The average molecular weight is 661 g/mol. The third kappa shape index (κ3) is 6.34. The molecule has 0 fully saturated rings. The molecule has 7 nitrogen and oxygen atoms in total. The first kappa shape index (κ1) is 28.0. The molecule has 196 valence electrons. The smallest absolute Gasteiger partial charge is 0.282 e. The molecule has 0 atom stereocenters. The highest BCUT2D eigenvalue weighted by atomic mass is 79.9. The Morgan fingerprint density at radius 3 is 2.61 bits per heavy atom. The molecule has 0 spiro atoms. The van der Waals surface area contributed by atoms with E-state index >= 15 is 0 Å². The molecule has 1 N–H and O–H groups in total. The zero-order chi connectivity index (χ0) is 27.6. The number of aromatic nitrogens is 2. The van der Waals surface area contributed by atoms with Crippen molar-refractivity contribution in [2.24, 2.45) is 5.10 Å². The topological polar surface area (TPSA) is 85.6 Å². The minimum atomic E-state index is -0.473. The third-order valence-corrected chi connectivity index (χ3v) is 6.90. The number of ether oxygens (including phenoxy) is 1. The van der Waals surface area contributed by atoms with Gasteiger partial charge in [-0.2, -0.15) is 9.78 Å². The van der Waals surface area contributed by atoms with Crippen molar-refractivity contribution in [3.05, 3.63) is 95.9 Å². The van der Waals surface area contributed by atoms with Crippen LogP contribution in [0.3, 0.4) is 0 Å². The number of nitrogens with one attached hydrogen (secondary N) is 1. The lowest BCUT2D eigenvalue weighted by Crippen LogP contribution is -2.29. The van der Waals surface area contributed by atoms with E-state index in [1.807, 2.05) is 58.0 Å². The minimum Gasteiger partial charge on any atom is -0.482 e. The second-order valence-corrected chi connectivity index (χ2v) is 11.9. The summed E-state index contributed by atoms with van der Waals surface area (Å²) in [5, 5.41) is 8.22. The van der Waals surface area contributed by atoms with Crippen molar-refractivity contribution in [1.82, 2.24) is 9.66 Å². The van der Waals surface area contributed by atoms with E-state index in [0.717, 1.165) is 10.0 Å². The van der Waals surface area contributed by atoms with Gasteiger partial charge in [0.2, 0.25) is 0 Å². The number of rotatable bonds is 6. The first-order chi connectivity index (χ1) is 17.9. The minimum absolute atomic E-state index is 0.242. The number of anilines is 1. The lowest BCUT2D eigenvalue weighted by Gasteiger charge is -2.21. The van der Waals surface area contributed by atoms with Gasteiger partial charge in [0, 0.05) is 26.2 Å². The predicted octanol–water partition coefficient (Wildman–Crippen LogP) is 7.08. The molecule has 1 heterocycles. The first-order valence-electron chi connectivity index (χ1n) is 11.7. The van der Waals surface area contributed by atoms with Crippen molar-refractivity contribution in [3.8, 4) is 5.75 Å². The van der Waals surface area contributed by atoms with Crippen LogP contribution in [0.5, 0.6) is 5.75 Å². The van der Waals surface area contributed by atoms with Crippen LogP contribution in [0.2, 0.25) is 5.02 Å². The van der Waals surface area contributed by atoms with Crippen LogP contribution in [0, 0.1) is 6.92 Å². The number of fused-ring (bicyclic) bond motifs is 1. The Hall–Kier alpha value is -3.01.